The van der Waals surface area contributed by atoms with Crippen LogP contribution in [0.3, 0.4) is 0 Å². The van der Waals surface area contributed by atoms with E-state index in [1.165, 1.54) is 11.1 Å². The molecule has 186 valence electrons. The third kappa shape index (κ3) is 6.39. The van der Waals surface area contributed by atoms with Gasteiger partial charge < -0.3 is 19.3 Å². The van der Waals surface area contributed by atoms with Crippen LogP contribution in [0.15, 0.2) is 36.4 Å². The van der Waals surface area contributed by atoms with Gasteiger partial charge in [-0.05, 0) is 40.2 Å². The second-order valence-electron chi connectivity index (χ2n) is 10.6. The topological polar surface area (TPSA) is 77.0 Å². The molecule has 1 heterocycles. The third-order valence-corrected chi connectivity index (χ3v) is 7.08. The van der Waals surface area contributed by atoms with Gasteiger partial charge in [0.25, 0.3) is 0 Å². The molecule has 2 unspecified atom stereocenters. The number of aliphatic carboxylic acids is 1. The second kappa shape index (κ2) is 10.5. The molecule has 34 heavy (non-hydrogen) atoms. The van der Waals surface area contributed by atoms with Crippen molar-refractivity contribution in [1.82, 2.24) is 5.32 Å². The molecule has 6 nitrogen and oxygen atoms in total. The van der Waals surface area contributed by atoms with Gasteiger partial charge in [-0.25, -0.2) is 0 Å². The van der Waals surface area contributed by atoms with Crippen molar-refractivity contribution in [2.24, 2.45) is 0 Å². The van der Waals surface area contributed by atoms with Gasteiger partial charge in [0.05, 0.1) is 12.5 Å². The van der Waals surface area contributed by atoms with Crippen LogP contribution in [0.1, 0.15) is 63.6 Å². The molecule has 1 saturated heterocycles. The number of methoxy groups -OCH3 is 1. The first-order valence-corrected chi connectivity index (χ1v) is 12.6. The van der Waals surface area contributed by atoms with Crippen molar-refractivity contribution in [3.8, 4) is 17.2 Å². The van der Waals surface area contributed by atoms with Crippen LogP contribution < -0.4 is 19.5 Å². The molecular formula is C27H37NO5S. The highest BCUT2D eigenvalue weighted by atomic mass is 32.2. The van der Waals surface area contributed by atoms with E-state index in [0.29, 0.717) is 30.5 Å². The van der Waals surface area contributed by atoms with Gasteiger partial charge in [0, 0.05) is 17.4 Å². The number of carboxylic acid groups (broad SMARTS) is 1. The molecule has 0 amide bonds. The zero-order valence-electron chi connectivity index (χ0n) is 21.2. The van der Waals surface area contributed by atoms with Gasteiger partial charge in [0.1, 0.15) is 36.5 Å². The summed E-state index contributed by atoms with van der Waals surface area (Å²) in [5.74, 6) is 1.89. The van der Waals surface area contributed by atoms with E-state index in [2.05, 4.69) is 65.1 Å². The third-order valence-electron chi connectivity index (χ3n) is 5.84. The molecule has 1 fully saturated rings. The van der Waals surface area contributed by atoms with Crippen molar-refractivity contribution in [3.05, 3.63) is 53.1 Å². The lowest BCUT2D eigenvalue weighted by molar-refractivity contribution is -0.138. The molecule has 2 atom stereocenters. The van der Waals surface area contributed by atoms with E-state index in [4.69, 9.17) is 14.2 Å². The van der Waals surface area contributed by atoms with Crippen molar-refractivity contribution in [3.63, 3.8) is 0 Å². The molecule has 1 aliphatic heterocycles. The summed E-state index contributed by atoms with van der Waals surface area (Å²) in [5, 5.41) is 12.3. The molecule has 0 spiro atoms. The Hall–Kier alpha value is -2.38. The highest BCUT2D eigenvalue weighted by molar-refractivity contribution is 7.99. The van der Waals surface area contributed by atoms with E-state index in [1.54, 1.807) is 18.9 Å². The Morgan fingerprint density at radius 2 is 1.68 bits per heavy atom. The Labute approximate surface area is 207 Å². The van der Waals surface area contributed by atoms with Crippen molar-refractivity contribution in [2.45, 2.75) is 63.8 Å². The molecule has 0 aromatic heterocycles. The number of carbonyl (C=O) groups is 1. The van der Waals surface area contributed by atoms with Crippen LogP contribution in [-0.2, 0) is 15.6 Å². The van der Waals surface area contributed by atoms with Crippen molar-refractivity contribution in [1.29, 1.82) is 0 Å². The lowest BCUT2D eigenvalue weighted by Crippen LogP contribution is -2.33. The monoisotopic (exact) mass is 487 g/mol. The first-order valence-electron chi connectivity index (χ1n) is 11.6. The maximum atomic E-state index is 11.3. The number of carboxylic acids is 1. The quantitative estimate of drug-likeness (QED) is 0.474. The largest absolute Gasteiger partial charge is 0.497 e. The fourth-order valence-corrected chi connectivity index (χ4v) is 5.05. The standard InChI is InChI=1S/C27H37NO5S/c1-26(2,3)17-8-11-22(20(14-17)27(4,5)6)32-12-13-33-23-15-18(31-7)9-10-19(23)24-28-21(16-34-24)25(29)30/h8-11,14-15,21,24,28H,12-13,16H2,1-7H3,(H,29,30). The van der Waals surface area contributed by atoms with Crippen LogP contribution in [0, 0.1) is 0 Å². The molecule has 1 aliphatic rings. The predicted octanol–water partition coefficient (Wildman–Crippen LogP) is 5.54. The summed E-state index contributed by atoms with van der Waals surface area (Å²) in [4.78, 5) is 11.3. The number of ether oxygens (including phenoxy) is 3. The molecule has 0 bridgehead atoms. The van der Waals surface area contributed by atoms with Gasteiger partial charge >= 0.3 is 5.97 Å². The number of thioether (sulfide) groups is 1. The first kappa shape index (κ1) is 26.2. The van der Waals surface area contributed by atoms with Crippen molar-refractivity contribution >= 4 is 17.7 Å². The van der Waals surface area contributed by atoms with Crippen LogP contribution in [0.2, 0.25) is 0 Å². The molecule has 0 saturated carbocycles. The van der Waals surface area contributed by atoms with E-state index in [1.807, 2.05) is 18.2 Å². The van der Waals surface area contributed by atoms with Gasteiger partial charge in [-0.2, -0.15) is 0 Å². The molecule has 2 aromatic carbocycles. The lowest BCUT2D eigenvalue weighted by atomic mass is 9.80. The Balaban J connectivity index is 1.71. The molecule has 0 radical (unpaired) electrons. The van der Waals surface area contributed by atoms with E-state index in [9.17, 15) is 9.90 Å². The van der Waals surface area contributed by atoms with Crippen LogP contribution in [-0.4, -0.2) is 43.2 Å². The summed E-state index contributed by atoms with van der Waals surface area (Å²) in [6.07, 6.45) is 0. The smallest absolute Gasteiger partial charge is 0.321 e. The second-order valence-corrected chi connectivity index (χ2v) is 11.7. The van der Waals surface area contributed by atoms with Crippen LogP contribution in [0.25, 0.3) is 0 Å². The summed E-state index contributed by atoms with van der Waals surface area (Å²) in [6.45, 7) is 14.0. The van der Waals surface area contributed by atoms with Crippen molar-refractivity contribution < 1.29 is 24.1 Å². The maximum absolute atomic E-state index is 11.3. The maximum Gasteiger partial charge on any atom is 0.321 e. The predicted molar refractivity (Wildman–Crippen MR) is 138 cm³/mol. The molecular weight excluding hydrogens is 450 g/mol. The number of hydrogen-bond donors (Lipinski definition) is 2. The molecule has 0 aliphatic carbocycles. The first-order chi connectivity index (χ1) is 15.9. The number of hydrogen-bond acceptors (Lipinski definition) is 6. The molecule has 3 rings (SSSR count). The highest BCUT2D eigenvalue weighted by Crippen LogP contribution is 2.39. The average Bonchev–Trinajstić information content (AvgIpc) is 3.25. The van der Waals surface area contributed by atoms with E-state index in [0.717, 1.165) is 11.3 Å². The summed E-state index contributed by atoms with van der Waals surface area (Å²) >= 11 is 1.56. The fourth-order valence-electron chi connectivity index (χ4n) is 3.79. The van der Waals surface area contributed by atoms with E-state index < -0.39 is 12.0 Å². The minimum atomic E-state index is -0.841. The zero-order chi connectivity index (χ0) is 25.1. The Morgan fingerprint density at radius 1 is 1.00 bits per heavy atom. The fraction of sp³-hybridized carbons (Fsp3) is 0.519. The van der Waals surface area contributed by atoms with Crippen LogP contribution in [0.5, 0.6) is 17.2 Å². The normalized spacial score (nSPS) is 18.6. The lowest BCUT2D eigenvalue weighted by Gasteiger charge is -2.27. The summed E-state index contributed by atoms with van der Waals surface area (Å²) in [7, 11) is 1.61. The van der Waals surface area contributed by atoms with E-state index in [-0.39, 0.29) is 16.2 Å². The summed E-state index contributed by atoms with van der Waals surface area (Å²) in [6, 6.07) is 11.5. The van der Waals surface area contributed by atoms with E-state index >= 15 is 0 Å². The zero-order valence-corrected chi connectivity index (χ0v) is 22.0. The van der Waals surface area contributed by atoms with Crippen LogP contribution >= 0.6 is 11.8 Å². The summed E-state index contributed by atoms with van der Waals surface area (Å²) < 4.78 is 17.6. The SMILES string of the molecule is COc1ccc(C2NC(C(=O)O)CS2)c(OCCOc2ccc(C(C)(C)C)cc2C(C)(C)C)c1. The summed E-state index contributed by atoms with van der Waals surface area (Å²) in [5.41, 5.74) is 3.37. The average molecular weight is 488 g/mol. The number of rotatable bonds is 8. The minimum Gasteiger partial charge on any atom is -0.497 e. The van der Waals surface area contributed by atoms with Crippen LogP contribution in [0.4, 0.5) is 0 Å². The number of nitrogens with one attached hydrogen (secondary N) is 1. The van der Waals surface area contributed by atoms with Gasteiger partial charge in [-0.1, -0.05) is 53.7 Å². The number of benzene rings is 2. The van der Waals surface area contributed by atoms with Gasteiger partial charge in [0.2, 0.25) is 0 Å². The van der Waals surface area contributed by atoms with Gasteiger partial charge in [-0.3, -0.25) is 10.1 Å². The molecule has 2 N–H and O–H groups in total. The highest BCUT2D eigenvalue weighted by Gasteiger charge is 2.32. The minimum absolute atomic E-state index is 0.0521. The Kier molecular flexibility index (Phi) is 8.09. The molecule has 7 heteroatoms. The molecule has 2 aromatic rings. The van der Waals surface area contributed by atoms with Crippen molar-refractivity contribution in [2.75, 3.05) is 26.1 Å². The van der Waals surface area contributed by atoms with Gasteiger partial charge in [0.15, 0.2) is 0 Å². The van der Waals surface area contributed by atoms with Gasteiger partial charge in [-0.15, -0.1) is 11.8 Å². The Bertz CT molecular complexity index is 1010. The Morgan fingerprint density at radius 3 is 2.24 bits per heavy atom.